The molecule has 0 aliphatic carbocycles. The number of benzene rings is 1. The molecule has 17 heavy (non-hydrogen) atoms. The van der Waals surface area contributed by atoms with Crippen molar-refractivity contribution in [2.24, 2.45) is 0 Å². The number of nitrogens with one attached hydrogen (secondary N) is 2. The maximum Gasteiger partial charge on any atom is 0.416 e. The van der Waals surface area contributed by atoms with E-state index < -0.39 is 11.7 Å². The molecular weight excluding hydrogens is 231 g/mol. The van der Waals surface area contributed by atoms with Gasteiger partial charge in [0.25, 0.3) is 0 Å². The van der Waals surface area contributed by atoms with Crippen LogP contribution in [0.1, 0.15) is 11.1 Å². The number of halogens is 3. The summed E-state index contributed by atoms with van der Waals surface area (Å²) in [5.74, 6) is 0.446. The third-order valence-corrected chi connectivity index (χ3v) is 2.27. The maximum absolute atomic E-state index is 12.7. The zero-order valence-corrected chi connectivity index (χ0v) is 8.75. The molecule has 2 rings (SSSR count). The van der Waals surface area contributed by atoms with Crippen LogP contribution >= 0.6 is 0 Å². The minimum atomic E-state index is -4.33. The number of H-pyrrole nitrogens is 1. The Morgan fingerprint density at radius 1 is 1.24 bits per heavy atom. The Morgan fingerprint density at radius 3 is 2.65 bits per heavy atom. The van der Waals surface area contributed by atoms with Crippen LogP contribution < -0.4 is 5.32 Å². The van der Waals surface area contributed by atoms with E-state index in [4.69, 9.17) is 0 Å². The number of hydrogen-bond donors (Lipinski definition) is 2. The van der Waals surface area contributed by atoms with E-state index in [2.05, 4.69) is 15.3 Å². The molecule has 0 saturated heterocycles. The van der Waals surface area contributed by atoms with Crippen molar-refractivity contribution in [3.8, 4) is 0 Å². The summed E-state index contributed by atoms with van der Waals surface area (Å²) in [6, 6.07) is 5.46. The lowest BCUT2D eigenvalue weighted by Crippen LogP contribution is -2.12. The molecule has 2 N–H and O–H groups in total. The first-order valence-corrected chi connectivity index (χ1v) is 4.96. The molecule has 0 saturated carbocycles. The van der Waals surface area contributed by atoms with Crippen molar-refractivity contribution in [1.82, 2.24) is 9.97 Å². The molecule has 0 atom stereocenters. The quantitative estimate of drug-likeness (QED) is 0.867. The molecule has 0 spiro atoms. The van der Waals surface area contributed by atoms with Gasteiger partial charge in [-0.2, -0.15) is 13.2 Å². The summed E-state index contributed by atoms with van der Waals surface area (Å²) >= 11 is 0. The average Bonchev–Trinajstić information content (AvgIpc) is 2.78. The molecule has 1 heterocycles. The van der Waals surface area contributed by atoms with E-state index >= 15 is 0 Å². The molecule has 0 fully saturated rings. The Morgan fingerprint density at radius 2 is 2.00 bits per heavy atom. The van der Waals surface area contributed by atoms with Gasteiger partial charge in [-0.15, -0.1) is 0 Å². The Balaban J connectivity index is 2.16. The van der Waals surface area contributed by atoms with Gasteiger partial charge in [-0.05, 0) is 11.6 Å². The van der Waals surface area contributed by atoms with Crippen LogP contribution in [-0.2, 0) is 12.7 Å². The number of alkyl halides is 3. The van der Waals surface area contributed by atoms with E-state index in [-0.39, 0.29) is 12.1 Å². The van der Waals surface area contributed by atoms with Crippen molar-refractivity contribution in [2.75, 3.05) is 5.32 Å². The van der Waals surface area contributed by atoms with Crippen LogP contribution in [0.3, 0.4) is 0 Å². The van der Waals surface area contributed by atoms with Crippen LogP contribution in [0.15, 0.2) is 36.7 Å². The molecule has 3 nitrogen and oxygen atoms in total. The minimum absolute atomic E-state index is 0.0726. The van der Waals surface area contributed by atoms with Crippen LogP contribution in [0.2, 0.25) is 0 Å². The number of anilines is 1. The minimum Gasteiger partial charge on any atom is -0.352 e. The van der Waals surface area contributed by atoms with Gasteiger partial charge >= 0.3 is 6.18 Å². The highest BCUT2D eigenvalue weighted by Crippen LogP contribution is 2.31. The van der Waals surface area contributed by atoms with Crippen molar-refractivity contribution < 1.29 is 13.2 Å². The highest BCUT2D eigenvalue weighted by molar-refractivity contribution is 5.33. The molecule has 0 bridgehead atoms. The Bertz CT molecular complexity index is 477. The van der Waals surface area contributed by atoms with E-state index in [9.17, 15) is 13.2 Å². The predicted molar refractivity (Wildman–Crippen MR) is 57.4 cm³/mol. The normalized spacial score (nSPS) is 11.5. The topological polar surface area (TPSA) is 40.7 Å². The summed E-state index contributed by atoms with van der Waals surface area (Å²) in [4.78, 5) is 6.64. The van der Waals surface area contributed by atoms with Gasteiger partial charge in [-0.25, -0.2) is 4.98 Å². The fourth-order valence-electron chi connectivity index (χ4n) is 1.49. The molecule has 1 aromatic heterocycles. The summed E-state index contributed by atoms with van der Waals surface area (Å²) in [7, 11) is 0. The fraction of sp³-hybridized carbons (Fsp3) is 0.182. The second kappa shape index (κ2) is 4.48. The number of imidazole rings is 1. The standard InChI is InChI=1S/C11H10F3N3/c12-11(13,14)9-4-2-1-3-8(9)7-17-10-15-5-6-16-10/h1-6H,7H2,(H2,15,16,17). The Labute approximate surface area is 95.7 Å². The molecule has 1 aromatic carbocycles. The first kappa shape index (κ1) is 11.5. The molecule has 90 valence electrons. The van der Waals surface area contributed by atoms with Crippen molar-refractivity contribution in [1.29, 1.82) is 0 Å². The zero-order valence-electron chi connectivity index (χ0n) is 8.75. The van der Waals surface area contributed by atoms with Crippen LogP contribution in [0.4, 0.5) is 19.1 Å². The van der Waals surface area contributed by atoms with E-state index in [1.54, 1.807) is 12.3 Å². The van der Waals surface area contributed by atoms with Crippen LogP contribution in [-0.4, -0.2) is 9.97 Å². The summed E-state index contributed by atoms with van der Waals surface area (Å²) < 4.78 is 38.0. The molecule has 0 aliphatic heterocycles. The number of aromatic nitrogens is 2. The molecule has 0 aliphatic rings. The zero-order chi connectivity index (χ0) is 12.3. The van der Waals surface area contributed by atoms with Crippen LogP contribution in [0.5, 0.6) is 0 Å². The van der Waals surface area contributed by atoms with E-state index in [0.717, 1.165) is 6.07 Å². The van der Waals surface area contributed by atoms with Crippen molar-refractivity contribution in [3.05, 3.63) is 47.8 Å². The lowest BCUT2D eigenvalue weighted by Gasteiger charge is -2.12. The van der Waals surface area contributed by atoms with E-state index in [1.165, 1.54) is 18.3 Å². The van der Waals surface area contributed by atoms with Gasteiger partial charge in [-0.3, -0.25) is 0 Å². The molecule has 6 heteroatoms. The Kier molecular flexibility index (Phi) is 3.03. The van der Waals surface area contributed by atoms with Gasteiger partial charge in [0.05, 0.1) is 5.56 Å². The number of nitrogens with zero attached hydrogens (tertiary/aromatic N) is 1. The molecule has 0 amide bonds. The van der Waals surface area contributed by atoms with Crippen molar-refractivity contribution in [3.63, 3.8) is 0 Å². The lowest BCUT2D eigenvalue weighted by atomic mass is 10.1. The number of hydrogen-bond acceptors (Lipinski definition) is 2. The third-order valence-electron chi connectivity index (χ3n) is 2.27. The smallest absolute Gasteiger partial charge is 0.352 e. The van der Waals surface area contributed by atoms with E-state index in [1.807, 2.05) is 0 Å². The first-order chi connectivity index (χ1) is 8.07. The molecular formula is C11H10F3N3. The van der Waals surface area contributed by atoms with Crippen molar-refractivity contribution >= 4 is 5.95 Å². The number of aromatic amines is 1. The van der Waals surface area contributed by atoms with Gasteiger partial charge in [0.1, 0.15) is 0 Å². The average molecular weight is 241 g/mol. The van der Waals surface area contributed by atoms with Gasteiger partial charge < -0.3 is 10.3 Å². The Hall–Kier alpha value is -1.98. The molecule has 2 aromatic rings. The summed E-state index contributed by atoms with van der Waals surface area (Å²) in [6.07, 6.45) is -1.21. The molecule has 0 unspecified atom stereocenters. The van der Waals surface area contributed by atoms with Gasteiger partial charge in [0, 0.05) is 18.9 Å². The van der Waals surface area contributed by atoms with Crippen LogP contribution in [0, 0.1) is 0 Å². The van der Waals surface area contributed by atoms with Gasteiger partial charge in [0.15, 0.2) is 5.95 Å². The maximum atomic E-state index is 12.7. The fourth-order valence-corrected chi connectivity index (χ4v) is 1.49. The van der Waals surface area contributed by atoms with Gasteiger partial charge in [-0.1, -0.05) is 18.2 Å². The monoisotopic (exact) mass is 241 g/mol. The summed E-state index contributed by atoms with van der Waals surface area (Å²) in [5.41, 5.74) is -0.435. The molecule has 0 radical (unpaired) electrons. The lowest BCUT2D eigenvalue weighted by molar-refractivity contribution is -0.138. The highest BCUT2D eigenvalue weighted by Gasteiger charge is 2.32. The van der Waals surface area contributed by atoms with Crippen molar-refractivity contribution in [2.45, 2.75) is 12.7 Å². The summed E-state index contributed by atoms with van der Waals surface area (Å²) in [6.45, 7) is 0.0726. The third kappa shape index (κ3) is 2.77. The predicted octanol–water partition coefficient (Wildman–Crippen LogP) is 3.04. The second-order valence-electron chi connectivity index (χ2n) is 3.45. The first-order valence-electron chi connectivity index (χ1n) is 4.96. The van der Waals surface area contributed by atoms with E-state index in [0.29, 0.717) is 5.95 Å². The second-order valence-corrected chi connectivity index (χ2v) is 3.45. The summed E-state index contributed by atoms with van der Waals surface area (Å²) in [5, 5.41) is 2.79. The van der Waals surface area contributed by atoms with Crippen LogP contribution in [0.25, 0.3) is 0 Å². The van der Waals surface area contributed by atoms with Gasteiger partial charge in [0.2, 0.25) is 0 Å². The SMILES string of the molecule is FC(F)(F)c1ccccc1CNc1ncc[nH]1. The highest BCUT2D eigenvalue weighted by atomic mass is 19.4. The largest absolute Gasteiger partial charge is 0.416 e. The number of rotatable bonds is 3.